The maximum atomic E-state index is 13.9. The molecule has 1 aliphatic carbocycles. The summed E-state index contributed by atoms with van der Waals surface area (Å²) in [6.07, 6.45) is 1.27. The number of nitrogens with zero attached hydrogens (tertiary/aromatic N) is 2. The number of nitrogens with one attached hydrogen (secondary N) is 2. The van der Waals surface area contributed by atoms with Gasteiger partial charge in [0.25, 0.3) is 5.91 Å². The Hall–Kier alpha value is -4.08. The van der Waals surface area contributed by atoms with Gasteiger partial charge in [0.1, 0.15) is 17.3 Å². The highest BCUT2D eigenvalue weighted by molar-refractivity contribution is 5.97. The van der Waals surface area contributed by atoms with Gasteiger partial charge in [0, 0.05) is 51.9 Å². The number of carbonyl (C=O) groups is 3. The van der Waals surface area contributed by atoms with Crippen LogP contribution in [-0.4, -0.2) is 79.2 Å². The van der Waals surface area contributed by atoms with Crippen LogP contribution in [0, 0.1) is 5.92 Å². The lowest BCUT2D eigenvalue weighted by Gasteiger charge is -2.31. The topological polar surface area (TPSA) is 110 Å². The van der Waals surface area contributed by atoms with Gasteiger partial charge in [-0.2, -0.15) is 0 Å². The van der Waals surface area contributed by atoms with Crippen molar-refractivity contribution in [3.8, 4) is 11.3 Å². The van der Waals surface area contributed by atoms with E-state index >= 15 is 0 Å². The molecular weight excluding hydrogens is 556 g/mol. The number of esters is 1. The molecule has 9 heteroatoms. The van der Waals surface area contributed by atoms with Crippen molar-refractivity contribution in [2.24, 2.45) is 5.92 Å². The summed E-state index contributed by atoms with van der Waals surface area (Å²) < 4.78 is 10.9. The van der Waals surface area contributed by atoms with Crippen LogP contribution in [0.1, 0.15) is 65.1 Å². The lowest BCUT2D eigenvalue weighted by molar-refractivity contribution is -0.133. The molecule has 1 aromatic heterocycles. The van der Waals surface area contributed by atoms with Crippen LogP contribution < -0.4 is 10.6 Å². The normalized spacial score (nSPS) is 18.8. The molecule has 3 unspecified atom stereocenters. The van der Waals surface area contributed by atoms with E-state index in [0.717, 1.165) is 28.8 Å². The number of piperazine rings is 1. The van der Waals surface area contributed by atoms with Crippen LogP contribution in [0.3, 0.4) is 0 Å². The molecule has 2 N–H and O–H groups in total. The molecule has 0 bridgehead atoms. The third-order valence-corrected chi connectivity index (χ3v) is 7.94. The quantitative estimate of drug-likeness (QED) is 0.336. The van der Waals surface area contributed by atoms with Gasteiger partial charge in [-0.15, -0.1) is 0 Å². The zero-order chi connectivity index (χ0) is 31.3. The number of methoxy groups -OCH3 is 1. The van der Waals surface area contributed by atoms with E-state index < -0.39 is 23.5 Å². The number of aromatic nitrogens is 1. The molecule has 2 heterocycles. The molecule has 1 saturated carbocycles. The molecule has 2 fully saturated rings. The Balaban J connectivity index is 1.40. The Morgan fingerprint density at radius 3 is 2.39 bits per heavy atom. The summed E-state index contributed by atoms with van der Waals surface area (Å²) in [4.78, 5) is 46.7. The number of hydrogen-bond acceptors (Lipinski definition) is 7. The molecule has 3 aromatic rings. The van der Waals surface area contributed by atoms with Crippen LogP contribution >= 0.6 is 0 Å². The molecule has 232 valence electrons. The maximum absolute atomic E-state index is 13.9. The van der Waals surface area contributed by atoms with E-state index in [1.54, 1.807) is 36.3 Å². The second-order valence-corrected chi connectivity index (χ2v) is 12.6. The van der Waals surface area contributed by atoms with Crippen LogP contribution in [0.4, 0.5) is 0 Å². The van der Waals surface area contributed by atoms with Gasteiger partial charge >= 0.3 is 5.97 Å². The summed E-state index contributed by atoms with van der Waals surface area (Å²) in [7, 11) is 1.71. The first-order valence-electron chi connectivity index (χ1n) is 15.3. The molecule has 2 aromatic carbocycles. The standard InChI is InChI=1S/C35H42N4O5/c1-35(2,3)44-34(42)25-12-10-23(11-13-25)18-31(33(41)39-16-14-36-15-17-39)38-32(40)30-21-26(28-19-27(28)22-43-4)20-29(37-30)24-8-6-5-7-9-24/h5-13,20-21,27-28,31,36H,14-19,22H2,1-4H3,(H,38,40). The van der Waals surface area contributed by atoms with E-state index in [1.807, 2.05) is 57.2 Å². The summed E-state index contributed by atoms with van der Waals surface area (Å²) >= 11 is 0. The molecule has 44 heavy (non-hydrogen) atoms. The van der Waals surface area contributed by atoms with E-state index in [9.17, 15) is 14.4 Å². The molecule has 5 rings (SSSR count). The van der Waals surface area contributed by atoms with Crippen LogP contribution in [0.25, 0.3) is 11.3 Å². The van der Waals surface area contributed by atoms with Gasteiger partial charge in [-0.05, 0) is 74.4 Å². The number of hydrogen-bond donors (Lipinski definition) is 2. The Morgan fingerprint density at radius 1 is 1.02 bits per heavy atom. The highest BCUT2D eigenvalue weighted by Gasteiger charge is 2.39. The highest BCUT2D eigenvalue weighted by atomic mass is 16.6. The van der Waals surface area contributed by atoms with Crippen LogP contribution in [0.5, 0.6) is 0 Å². The van der Waals surface area contributed by atoms with Crippen molar-refractivity contribution in [1.29, 1.82) is 0 Å². The first-order chi connectivity index (χ1) is 21.1. The summed E-state index contributed by atoms with van der Waals surface area (Å²) in [5.74, 6) is -0.236. The fraction of sp³-hybridized carbons (Fsp3) is 0.429. The average molecular weight is 599 g/mol. The van der Waals surface area contributed by atoms with Gasteiger partial charge < -0.3 is 25.0 Å². The van der Waals surface area contributed by atoms with E-state index in [1.165, 1.54) is 0 Å². The van der Waals surface area contributed by atoms with Crippen molar-refractivity contribution in [2.45, 2.75) is 51.2 Å². The van der Waals surface area contributed by atoms with Crippen molar-refractivity contribution in [3.63, 3.8) is 0 Å². The van der Waals surface area contributed by atoms with Gasteiger partial charge in [-0.3, -0.25) is 9.59 Å². The molecule has 1 aliphatic heterocycles. The smallest absolute Gasteiger partial charge is 0.338 e. The first kappa shape index (κ1) is 31.3. The van der Waals surface area contributed by atoms with Gasteiger partial charge in [0.05, 0.1) is 11.3 Å². The first-order valence-corrected chi connectivity index (χ1v) is 15.3. The van der Waals surface area contributed by atoms with Crippen molar-refractivity contribution < 1.29 is 23.9 Å². The third-order valence-electron chi connectivity index (χ3n) is 7.94. The third kappa shape index (κ3) is 8.09. The minimum atomic E-state index is -0.805. The Kier molecular flexibility index (Phi) is 9.76. The molecule has 0 spiro atoms. The number of amides is 2. The highest BCUT2D eigenvalue weighted by Crippen LogP contribution is 2.48. The fourth-order valence-corrected chi connectivity index (χ4v) is 5.58. The average Bonchev–Trinajstić information content (AvgIpc) is 3.80. The van der Waals surface area contributed by atoms with E-state index in [4.69, 9.17) is 14.5 Å². The number of benzene rings is 2. The molecule has 1 saturated heterocycles. The van der Waals surface area contributed by atoms with Crippen molar-refractivity contribution in [1.82, 2.24) is 20.5 Å². The predicted molar refractivity (Wildman–Crippen MR) is 168 cm³/mol. The number of pyridine rings is 1. The van der Waals surface area contributed by atoms with Gasteiger partial charge in [0.2, 0.25) is 5.91 Å². The monoisotopic (exact) mass is 598 g/mol. The van der Waals surface area contributed by atoms with E-state index in [0.29, 0.717) is 50.2 Å². The summed E-state index contributed by atoms with van der Waals surface area (Å²) in [5.41, 5.74) is 3.62. The maximum Gasteiger partial charge on any atom is 0.338 e. The SMILES string of the molecule is COCC1CC1c1cc(C(=O)NC(Cc2ccc(C(=O)OC(C)(C)C)cc2)C(=O)N2CCNCC2)nc(-c2ccccc2)c1. The van der Waals surface area contributed by atoms with Gasteiger partial charge in [0.15, 0.2) is 0 Å². The summed E-state index contributed by atoms with van der Waals surface area (Å²) in [5, 5.41) is 6.29. The predicted octanol–water partition coefficient (Wildman–Crippen LogP) is 4.23. The molecule has 9 nitrogen and oxygen atoms in total. The minimum Gasteiger partial charge on any atom is -0.456 e. The minimum absolute atomic E-state index is 0.141. The Labute approximate surface area is 259 Å². The van der Waals surface area contributed by atoms with Gasteiger partial charge in [-0.25, -0.2) is 9.78 Å². The second kappa shape index (κ2) is 13.7. The number of carbonyl (C=O) groups excluding carboxylic acids is 3. The van der Waals surface area contributed by atoms with Crippen molar-refractivity contribution in [3.05, 3.63) is 89.1 Å². The fourth-order valence-electron chi connectivity index (χ4n) is 5.58. The van der Waals surface area contributed by atoms with Crippen molar-refractivity contribution in [2.75, 3.05) is 39.9 Å². The summed E-state index contributed by atoms with van der Waals surface area (Å²) in [6.45, 7) is 8.67. The van der Waals surface area contributed by atoms with E-state index in [2.05, 4.69) is 16.7 Å². The molecule has 2 aliphatic rings. The van der Waals surface area contributed by atoms with Gasteiger partial charge in [-0.1, -0.05) is 42.5 Å². The van der Waals surface area contributed by atoms with Crippen LogP contribution in [0.15, 0.2) is 66.7 Å². The Morgan fingerprint density at radius 2 is 1.73 bits per heavy atom. The van der Waals surface area contributed by atoms with Crippen LogP contribution in [0.2, 0.25) is 0 Å². The lowest BCUT2D eigenvalue weighted by Crippen LogP contribution is -2.54. The second-order valence-electron chi connectivity index (χ2n) is 12.6. The summed E-state index contributed by atoms with van der Waals surface area (Å²) in [6, 6.07) is 19.9. The molecule has 3 atom stereocenters. The Bertz CT molecular complexity index is 1460. The largest absolute Gasteiger partial charge is 0.456 e. The zero-order valence-corrected chi connectivity index (χ0v) is 26.0. The lowest BCUT2D eigenvalue weighted by atomic mass is 10.0. The molecule has 2 amide bonds. The number of rotatable bonds is 10. The van der Waals surface area contributed by atoms with Crippen molar-refractivity contribution >= 4 is 17.8 Å². The molecule has 0 radical (unpaired) electrons. The molecular formula is C35H42N4O5. The number of ether oxygens (including phenoxy) is 2. The van der Waals surface area contributed by atoms with Crippen LogP contribution in [-0.2, 0) is 20.7 Å². The van der Waals surface area contributed by atoms with E-state index in [-0.39, 0.29) is 18.0 Å². The zero-order valence-electron chi connectivity index (χ0n) is 26.0.